The molecule has 1 aliphatic carbocycles. The second-order valence-electron chi connectivity index (χ2n) is 4.70. The van der Waals surface area contributed by atoms with Gasteiger partial charge in [0.25, 0.3) is 0 Å². The summed E-state index contributed by atoms with van der Waals surface area (Å²) in [4.78, 5) is 6.54. The molecule has 0 N–H and O–H groups in total. The summed E-state index contributed by atoms with van der Waals surface area (Å²) < 4.78 is 0. The van der Waals surface area contributed by atoms with Crippen molar-refractivity contribution < 1.29 is 0 Å². The molecular formula is C12H18BrNS. The highest BCUT2D eigenvalue weighted by atomic mass is 79.9. The van der Waals surface area contributed by atoms with E-state index in [0.717, 1.165) is 16.7 Å². The van der Waals surface area contributed by atoms with Gasteiger partial charge in [-0.05, 0) is 44.4 Å². The summed E-state index contributed by atoms with van der Waals surface area (Å²) in [6, 6.07) is 0. The molecule has 1 aliphatic rings. The SMILES string of the molecule is Cc1ncc(CC2CC(Br)CCC2C)s1. The zero-order chi connectivity index (χ0) is 10.8. The van der Waals surface area contributed by atoms with Gasteiger partial charge in [0.15, 0.2) is 0 Å². The zero-order valence-corrected chi connectivity index (χ0v) is 11.8. The molecule has 0 amide bonds. The average Bonchev–Trinajstić information content (AvgIpc) is 2.58. The summed E-state index contributed by atoms with van der Waals surface area (Å²) in [5.74, 6) is 1.73. The molecule has 1 nitrogen and oxygen atoms in total. The van der Waals surface area contributed by atoms with Crippen LogP contribution in [0.4, 0.5) is 0 Å². The first-order valence-corrected chi connectivity index (χ1v) is 7.43. The van der Waals surface area contributed by atoms with Crippen molar-refractivity contribution in [2.45, 2.75) is 44.4 Å². The first-order valence-electron chi connectivity index (χ1n) is 5.70. The van der Waals surface area contributed by atoms with Gasteiger partial charge in [0.2, 0.25) is 0 Å². The van der Waals surface area contributed by atoms with Crippen LogP contribution in [0, 0.1) is 18.8 Å². The minimum atomic E-state index is 0.743. The molecule has 84 valence electrons. The molecule has 3 atom stereocenters. The van der Waals surface area contributed by atoms with Crippen molar-refractivity contribution >= 4 is 27.3 Å². The van der Waals surface area contributed by atoms with Gasteiger partial charge in [0.1, 0.15) is 0 Å². The number of nitrogens with zero attached hydrogens (tertiary/aromatic N) is 1. The lowest BCUT2D eigenvalue weighted by molar-refractivity contribution is 0.264. The van der Waals surface area contributed by atoms with E-state index >= 15 is 0 Å². The number of halogens is 1. The molecule has 0 aromatic carbocycles. The van der Waals surface area contributed by atoms with Gasteiger partial charge in [-0.3, -0.25) is 0 Å². The van der Waals surface area contributed by atoms with E-state index in [0.29, 0.717) is 0 Å². The number of hydrogen-bond donors (Lipinski definition) is 0. The Kier molecular flexibility index (Phi) is 3.83. The molecule has 0 aliphatic heterocycles. The number of thiazole rings is 1. The van der Waals surface area contributed by atoms with Crippen molar-refractivity contribution in [1.82, 2.24) is 4.98 Å². The van der Waals surface area contributed by atoms with E-state index in [-0.39, 0.29) is 0 Å². The van der Waals surface area contributed by atoms with E-state index in [9.17, 15) is 0 Å². The summed E-state index contributed by atoms with van der Waals surface area (Å²) in [6.45, 7) is 4.49. The van der Waals surface area contributed by atoms with Gasteiger partial charge in [0, 0.05) is 15.9 Å². The topological polar surface area (TPSA) is 12.9 Å². The molecule has 3 unspecified atom stereocenters. The fraction of sp³-hybridized carbons (Fsp3) is 0.750. The van der Waals surface area contributed by atoms with Crippen LogP contribution in [-0.4, -0.2) is 9.81 Å². The van der Waals surface area contributed by atoms with E-state index in [1.165, 1.54) is 35.6 Å². The van der Waals surface area contributed by atoms with Crippen LogP contribution >= 0.6 is 27.3 Å². The minimum absolute atomic E-state index is 0.743. The number of aromatic nitrogens is 1. The molecule has 0 saturated heterocycles. The van der Waals surface area contributed by atoms with Crippen LogP contribution in [0.1, 0.15) is 36.1 Å². The Balaban J connectivity index is 1.98. The summed E-state index contributed by atoms with van der Waals surface area (Å²) in [5.41, 5.74) is 0. The van der Waals surface area contributed by atoms with Crippen LogP contribution in [0.3, 0.4) is 0 Å². The molecule has 1 aromatic rings. The van der Waals surface area contributed by atoms with Crippen molar-refractivity contribution in [2.75, 3.05) is 0 Å². The Labute approximate surface area is 104 Å². The summed E-state index contributed by atoms with van der Waals surface area (Å²) in [5, 5.41) is 1.20. The van der Waals surface area contributed by atoms with Gasteiger partial charge in [-0.15, -0.1) is 11.3 Å². The molecule has 3 heteroatoms. The largest absolute Gasteiger partial charge is 0.250 e. The highest BCUT2D eigenvalue weighted by molar-refractivity contribution is 9.09. The Hall–Kier alpha value is 0.110. The molecule has 1 saturated carbocycles. The molecule has 0 spiro atoms. The van der Waals surface area contributed by atoms with Crippen molar-refractivity contribution in [3.05, 3.63) is 16.1 Å². The Morgan fingerprint density at radius 2 is 2.33 bits per heavy atom. The highest BCUT2D eigenvalue weighted by Gasteiger charge is 2.26. The Morgan fingerprint density at radius 1 is 1.53 bits per heavy atom. The molecule has 1 heterocycles. The molecular weight excluding hydrogens is 270 g/mol. The fourth-order valence-electron chi connectivity index (χ4n) is 2.40. The highest BCUT2D eigenvalue weighted by Crippen LogP contribution is 2.36. The maximum absolute atomic E-state index is 4.33. The van der Waals surface area contributed by atoms with Crippen LogP contribution in [0.25, 0.3) is 0 Å². The number of alkyl halides is 1. The number of aryl methyl sites for hydroxylation is 1. The average molecular weight is 288 g/mol. The monoisotopic (exact) mass is 287 g/mol. The second-order valence-corrected chi connectivity index (χ2v) is 7.31. The smallest absolute Gasteiger partial charge is 0.0896 e. The van der Waals surface area contributed by atoms with Gasteiger partial charge < -0.3 is 0 Å². The summed E-state index contributed by atoms with van der Waals surface area (Å²) in [6.07, 6.45) is 7.34. The van der Waals surface area contributed by atoms with Crippen LogP contribution in [0.5, 0.6) is 0 Å². The minimum Gasteiger partial charge on any atom is -0.250 e. The maximum atomic E-state index is 4.33. The molecule has 1 fully saturated rings. The van der Waals surface area contributed by atoms with E-state index in [4.69, 9.17) is 0 Å². The van der Waals surface area contributed by atoms with Crippen molar-refractivity contribution in [2.24, 2.45) is 11.8 Å². The van der Waals surface area contributed by atoms with Crippen LogP contribution in [-0.2, 0) is 6.42 Å². The Morgan fingerprint density at radius 3 is 3.00 bits per heavy atom. The van der Waals surface area contributed by atoms with Crippen molar-refractivity contribution in [3.63, 3.8) is 0 Å². The maximum Gasteiger partial charge on any atom is 0.0896 e. The third kappa shape index (κ3) is 3.04. The van der Waals surface area contributed by atoms with Crippen molar-refractivity contribution in [3.8, 4) is 0 Å². The predicted octanol–water partition coefficient (Wildman–Crippen LogP) is 4.19. The van der Waals surface area contributed by atoms with E-state index < -0.39 is 0 Å². The number of hydrogen-bond acceptors (Lipinski definition) is 2. The lowest BCUT2D eigenvalue weighted by Crippen LogP contribution is -2.24. The summed E-state index contributed by atoms with van der Waals surface area (Å²) in [7, 11) is 0. The lowest BCUT2D eigenvalue weighted by Gasteiger charge is -2.31. The Bertz CT molecular complexity index is 323. The number of rotatable bonds is 2. The third-order valence-corrected chi connectivity index (χ3v) is 5.20. The zero-order valence-electron chi connectivity index (χ0n) is 9.37. The van der Waals surface area contributed by atoms with Gasteiger partial charge in [-0.2, -0.15) is 0 Å². The first-order chi connectivity index (χ1) is 7.15. The molecule has 2 rings (SSSR count). The fourth-order valence-corrected chi connectivity index (χ4v) is 4.03. The van der Waals surface area contributed by atoms with Crippen LogP contribution < -0.4 is 0 Å². The van der Waals surface area contributed by atoms with Crippen LogP contribution in [0.2, 0.25) is 0 Å². The predicted molar refractivity (Wildman–Crippen MR) is 69.8 cm³/mol. The van der Waals surface area contributed by atoms with Crippen molar-refractivity contribution in [1.29, 1.82) is 0 Å². The normalized spacial score (nSPS) is 31.8. The lowest BCUT2D eigenvalue weighted by atomic mass is 9.78. The standard InChI is InChI=1S/C12H18BrNS/c1-8-3-4-11(13)5-10(8)6-12-7-14-9(2)15-12/h7-8,10-11H,3-6H2,1-2H3. The van der Waals surface area contributed by atoms with Crippen LogP contribution in [0.15, 0.2) is 6.20 Å². The molecule has 0 bridgehead atoms. The van der Waals surface area contributed by atoms with E-state index in [1.807, 2.05) is 11.3 Å². The van der Waals surface area contributed by atoms with Gasteiger partial charge >= 0.3 is 0 Å². The second kappa shape index (κ2) is 4.96. The van der Waals surface area contributed by atoms with Gasteiger partial charge in [0.05, 0.1) is 5.01 Å². The van der Waals surface area contributed by atoms with Gasteiger partial charge in [-0.1, -0.05) is 22.9 Å². The first kappa shape index (κ1) is 11.6. The van der Waals surface area contributed by atoms with E-state index in [2.05, 4.69) is 41.0 Å². The quantitative estimate of drug-likeness (QED) is 0.743. The molecule has 1 aromatic heterocycles. The summed E-state index contributed by atoms with van der Waals surface area (Å²) >= 11 is 5.62. The third-order valence-electron chi connectivity index (χ3n) is 3.43. The van der Waals surface area contributed by atoms with E-state index in [1.54, 1.807) is 0 Å². The molecule has 15 heavy (non-hydrogen) atoms. The van der Waals surface area contributed by atoms with Gasteiger partial charge in [-0.25, -0.2) is 4.98 Å². The molecule has 0 radical (unpaired) electrons.